The van der Waals surface area contributed by atoms with E-state index in [4.69, 9.17) is 22.7 Å². The molecule has 0 amide bonds. The molecule has 1 aliphatic rings. The summed E-state index contributed by atoms with van der Waals surface area (Å²) in [6.07, 6.45) is 12.3. The average molecular weight is 435 g/mol. The lowest BCUT2D eigenvalue weighted by Gasteiger charge is -2.15. The molecule has 1 aliphatic carbocycles. The van der Waals surface area contributed by atoms with Gasteiger partial charge in [0.2, 0.25) is 0 Å². The zero-order valence-electron chi connectivity index (χ0n) is 17.3. The average Bonchev–Trinajstić information content (AvgIpc) is 2.97. The van der Waals surface area contributed by atoms with Crippen LogP contribution < -0.4 is 21.9 Å². The fourth-order valence-corrected chi connectivity index (χ4v) is 4.20. The molecule has 0 saturated heterocycles. The second-order valence-corrected chi connectivity index (χ2v) is 8.31. The Balaban J connectivity index is 2.09. The molecule has 0 atom stereocenters. The Hall–Kier alpha value is -2.32. The van der Waals surface area contributed by atoms with Crippen LogP contribution >= 0.6 is 23.6 Å². The van der Waals surface area contributed by atoms with Gasteiger partial charge in [0.15, 0.2) is 5.11 Å². The summed E-state index contributed by atoms with van der Waals surface area (Å²) in [6.45, 7) is 6.31. The van der Waals surface area contributed by atoms with Gasteiger partial charge in [0.25, 0.3) is 0 Å². The standard InChI is InChI=1S/C21H30N4O2S2/c1-4-6-11-17-14(3)29-19(18(17)20(26)27-5-2)23-21(28)25-24-16-10-8-7-9-15(22)12-13-16/h7-8,10,12,24H,4-6,9,11,13,22H2,1-3H3,(H2,23,25,28)/b8-7-,15-12-,16-10+. The van der Waals surface area contributed by atoms with Crippen LogP contribution in [0.1, 0.15) is 60.3 Å². The van der Waals surface area contributed by atoms with Gasteiger partial charge in [-0.2, -0.15) is 0 Å². The highest BCUT2D eigenvalue weighted by molar-refractivity contribution is 7.80. The summed E-state index contributed by atoms with van der Waals surface area (Å²) in [6, 6.07) is 0. The molecule has 0 saturated carbocycles. The van der Waals surface area contributed by atoms with Crippen molar-refractivity contribution in [2.45, 2.75) is 52.9 Å². The maximum absolute atomic E-state index is 12.6. The molecule has 6 nitrogen and oxygen atoms in total. The van der Waals surface area contributed by atoms with Crippen molar-refractivity contribution in [2.24, 2.45) is 5.73 Å². The predicted molar refractivity (Wildman–Crippen MR) is 125 cm³/mol. The van der Waals surface area contributed by atoms with Crippen LogP contribution in [0.3, 0.4) is 0 Å². The van der Waals surface area contributed by atoms with Crippen LogP contribution in [0.5, 0.6) is 0 Å². The van der Waals surface area contributed by atoms with Crippen molar-refractivity contribution in [3.63, 3.8) is 0 Å². The van der Waals surface area contributed by atoms with Crippen LogP contribution in [0.15, 0.2) is 35.7 Å². The number of allylic oxidation sites excluding steroid dienone is 4. The highest BCUT2D eigenvalue weighted by Crippen LogP contribution is 2.34. The Morgan fingerprint density at radius 3 is 2.86 bits per heavy atom. The first-order chi connectivity index (χ1) is 14.0. The van der Waals surface area contributed by atoms with Gasteiger partial charge in [-0.05, 0) is 50.5 Å². The third kappa shape index (κ3) is 6.90. The van der Waals surface area contributed by atoms with Crippen molar-refractivity contribution < 1.29 is 9.53 Å². The number of carbonyl (C=O) groups excluding carboxylic acids is 1. The maximum Gasteiger partial charge on any atom is 0.341 e. The van der Waals surface area contributed by atoms with E-state index >= 15 is 0 Å². The smallest absolute Gasteiger partial charge is 0.341 e. The van der Waals surface area contributed by atoms with Crippen LogP contribution in [0.25, 0.3) is 0 Å². The highest BCUT2D eigenvalue weighted by Gasteiger charge is 2.23. The van der Waals surface area contributed by atoms with Crippen molar-refractivity contribution >= 4 is 39.6 Å². The first-order valence-electron chi connectivity index (χ1n) is 9.88. The molecule has 1 aromatic rings. The van der Waals surface area contributed by atoms with Gasteiger partial charge < -0.3 is 21.2 Å². The molecule has 0 aromatic carbocycles. The van der Waals surface area contributed by atoms with Crippen LogP contribution in [0, 0.1) is 6.92 Å². The van der Waals surface area contributed by atoms with E-state index in [1.165, 1.54) is 11.3 Å². The van der Waals surface area contributed by atoms with Crippen LogP contribution in [-0.4, -0.2) is 17.7 Å². The molecule has 29 heavy (non-hydrogen) atoms. The number of thiocarbonyl (C=S) groups is 1. The van der Waals surface area contributed by atoms with Gasteiger partial charge in [-0.3, -0.25) is 5.43 Å². The van der Waals surface area contributed by atoms with Gasteiger partial charge in [-0.1, -0.05) is 31.6 Å². The number of ether oxygens (including phenoxy) is 1. The number of rotatable bonds is 8. The van der Waals surface area contributed by atoms with Gasteiger partial charge in [-0.15, -0.1) is 11.3 Å². The molecular weight excluding hydrogens is 404 g/mol. The summed E-state index contributed by atoms with van der Waals surface area (Å²) in [5.74, 6) is -0.310. The Labute approximate surface area is 182 Å². The lowest BCUT2D eigenvalue weighted by molar-refractivity contribution is 0.0527. The van der Waals surface area contributed by atoms with Crippen molar-refractivity contribution in [2.75, 3.05) is 11.9 Å². The minimum atomic E-state index is -0.310. The number of hydrogen-bond donors (Lipinski definition) is 4. The van der Waals surface area contributed by atoms with E-state index < -0.39 is 0 Å². The molecule has 0 radical (unpaired) electrons. The number of nitrogens with two attached hydrogens (primary N) is 1. The third-order valence-electron chi connectivity index (χ3n) is 4.40. The SMILES string of the molecule is CCCCc1c(C)sc(NC(=S)NN/C2=C/C=C\C/C(N)=C/C2)c1C(=O)OCC. The van der Waals surface area contributed by atoms with Crippen LogP contribution in [0.4, 0.5) is 5.00 Å². The van der Waals surface area contributed by atoms with Crippen molar-refractivity contribution in [1.82, 2.24) is 10.9 Å². The lowest BCUT2D eigenvalue weighted by Crippen LogP contribution is -2.39. The van der Waals surface area contributed by atoms with Gasteiger partial charge >= 0.3 is 5.97 Å². The summed E-state index contributed by atoms with van der Waals surface area (Å²) >= 11 is 6.95. The second kappa shape index (κ2) is 11.6. The van der Waals surface area contributed by atoms with E-state index in [0.29, 0.717) is 28.7 Å². The molecule has 8 heteroatoms. The fourth-order valence-electron chi connectivity index (χ4n) is 2.89. The van der Waals surface area contributed by atoms with Crippen molar-refractivity contribution in [3.8, 4) is 0 Å². The maximum atomic E-state index is 12.6. The molecule has 1 heterocycles. The molecule has 0 bridgehead atoms. The minimum absolute atomic E-state index is 0.310. The second-order valence-electron chi connectivity index (χ2n) is 6.68. The highest BCUT2D eigenvalue weighted by atomic mass is 32.1. The Kier molecular flexibility index (Phi) is 9.21. The summed E-state index contributed by atoms with van der Waals surface area (Å²) in [4.78, 5) is 13.7. The Morgan fingerprint density at radius 1 is 1.34 bits per heavy atom. The van der Waals surface area contributed by atoms with Crippen molar-refractivity contribution in [3.05, 3.63) is 51.7 Å². The van der Waals surface area contributed by atoms with Gasteiger partial charge in [0.05, 0.1) is 12.2 Å². The lowest BCUT2D eigenvalue weighted by atomic mass is 10.0. The van der Waals surface area contributed by atoms with Gasteiger partial charge in [0.1, 0.15) is 5.00 Å². The molecule has 0 spiro atoms. The van der Waals surface area contributed by atoms with Crippen molar-refractivity contribution in [1.29, 1.82) is 0 Å². The first kappa shape index (κ1) is 23.0. The predicted octanol–water partition coefficient (Wildman–Crippen LogP) is 4.44. The number of carbonyl (C=O) groups is 1. The van der Waals surface area contributed by atoms with E-state index in [2.05, 4.69) is 23.1 Å². The number of thiophene rings is 1. The summed E-state index contributed by atoms with van der Waals surface area (Å²) < 4.78 is 5.29. The number of nitrogens with one attached hydrogen (secondary N) is 3. The zero-order valence-corrected chi connectivity index (χ0v) is 18.9. The van der Waals surface area contributed by atoms with Crippen LogP contribution in [-0.2, 0) is 11.2 Å². The van der Waals surface area contributed by atoms with E-state index in [1.54, 1.807) is 0 Å². The third-order valence-corrected chi connectivity index (χ3v) is 5.67. The molecule has 0 unspecified atom stereocenters. The summed E-state index contributed by atoms with van der Waals surface area (Å²) in [7, 11) is 0. The van der Waals surface area contributed by atoms with E-state index in [1.807, 2.05) is 38.2 Å². The number of esters is 1. The molecule has 2 rings (SSSR count). The Bertz CT molecular complexity index is 825. The van der Waals surface area contributed by atoms with E-state index in [-0.39, 0.29) is 5.97 Å². The molecule has 158 valence electrons. The first-order valence-corrected chi connectivity index (χ1v) is 11.1. The monoisotopic (exact) mass is 434 g/mol. The van der Waals surface area contributed by atoms with Crippen LogP contribution in [0.2, 0.25) is 0 Å². The number of anilines is 1. The molecule has 5 N–H and O–H groups in total. The summed E-state index contributed by atoms with van der Waals surface area (Å²) in [5.41, 5.74) is 15.4. The summed E-state index contributed by atoms with van der Waals surface area (Å²) in [5, 5.41) is 4.24. The normalized spacial score (nSPS) is 18.3. The number of unbranched alkanes of at least 4 members (excludes halogenated alkanes) is 1. The molecule has 0 aliphatic heterocycles. The Morgan fingerprint density at radius 2 is 2.14 bits per heavy atom. The van der Waals surface area contributed by atoms with Gasteiger partial charge in [0, 0.05) is 29.1 Å². The largest absolute Gasteiger partial charge is 0.462 e. The quantitative estimate of drug-likeness (QED) is 0.273. The molecule has 0 fully saturated rings. The number of hydrogen-bond acceptors (Lipinski definition) is 6. The fraction of sp³-hybridized carbons (Fsp3) is 0.429. The topological polar surface area (TPSA) is 88.4 Å². The van der Waals surface area contributed by atoms with E-state index in [0.717, 1.165) is 47.5 Å². The number of hydrazine groups is 1. The number of aryl methyl sites for hydroxylation is 1. The molecular formula is C21H30N4O2S2. The van der Waals surface area contributed by atoms with Gasteiger partial charge in [-0.25, -0.2) is 4.79 Å². The molecule has 1 aromatic heterocycles. The van der Waals surface area contributed by atoms with E-state index in [9.17, 15) is 4.79 Å². The minimum Gasteiger partial charge on any atom is -0.462 e. The zero-order chi connectivity index (χ0) is 21.2.